The van der Waals surface area contributed by atoms with E-state index in [1.807, 2.05) is 54.6 Å². The van der Waals surface area contributed by atoms with E-state index in [2.05, 4.69) is 5.32 Å². The van der Waals surface area contributed by atoms with Crippen LogP contribution in [0.3, 0.4) is 0 Å². The molecule has 2 aliphatic heterocycles. The first-order chi connectivity index (χ1) is 25.1. The standard InChI is InChI=1S/C41H34F2N2O7/c1-4-50-38(48)40(39(49)51-5-2)24(3)35(36(46)52-23-30-28-17-11-9-15-26(28)19-27-16-10-12-18-29(27)30)41(44-40)31-20-32(42)33(43)21-34(31)45(37(41)47)22-25-13-7-6-8-14-25/h6-21,44H,4-5,22-23H2,1-3H3/t41-/m1/s1. The summed E-state index contributed by atoms with van der Waals surface area (Å²) < 4.78 is 47.1. The SMILES string of the molecule is CCOC(=O)C1(C(=O)OCC)N[C@@]2(C(=O)N(Cc3ccccc3)c3cc(F)c(F)cc32)C(C(=O)OCc2c3ccccc3cc3ccccc23)=C1C. The first-order valence-electron chi connectivity index (χ1n) is 16.9. The fraction of sp³-hybridized carbons (Fsp3) is 0.220. The number of hydrogen-bond donors (Lipinski definition) is 1. The molecule has 0 unspecified atom stereocenters. The van der Waals surface area contributed by atoms with Crippen molar-refractivity contribution in [3.05, 3.63) is 137 Å². The van der Waals surface area contributed by atoms with E-state index in [9.17, 15) is 14.4 Å². The lowest BCUT2D eigenvalue weighted by atomic mass is 9.83. The van der Waals surface area contributed by atoms with Gasteiger partial charge < -0.3 is 19.1 Å². The highest BCUT2D eigenvalue weighted by molar-refractivity contribution is 6.21. The Labute approximate surface area is 297 Å². The monoisotopic (exact) mass is 704 g/mol. The number of benzene rings is 5. The maximum atomic E-state index is 15.3. The predicted molar refractivity (Wildman–Crippen MR) is 189 cm³/mol. The minimum Gasteiger partial charge on any atom is -0.464 e. The van der Waals surface area contributed by atoms with Crippen LogP contribution in [0.4, 0.5) is 14.5 Å². The van der Waals surface area contributed by atoms with E-state index < -0.39 is 52.1 Å². The second-order valence-corrected chi connectivity index (χ2v) is 12.6. The van der Waals surface area contributed by atoms with Gasteiger partial charge in [0, 0.05) is 17.2 Å². The molecule has 9 nitrogen and oxygen atoms in total. The van der Waals surface area contributed by atoms with E-state index >= 15 is 13.6 Å². The number of rotatable bonds is 9. The number of amides is 1. The van der Waals surface area contributed by atoms with E-state index in [4.69, 9.17) is 14.2 Å². The van der Waals surface area contributed by atoms with Gasteiger partial charge in [0.15, 0.2) is 17.2 Å². The van der Waals surface area contributed by atoms with Crippen molar-refractivity contribution >= 4 is 51.0 Å². The van der Waals surface area contributed by atoms with Crippen molar-refractivity contribution in [2.45, 2.75) is 45.0 Å². The molecule has 2 aliphatic rings. The highest BCUT2D eigenvalue weighted by atomic mass is 19.2. The third-order valence-electron chi connectivity index (χ3n) is 9.77. The first kappa shape index (κ1) is 34.5. The summed E-state index contributed by atoms with van der Waals surface area (Å²) in [7, 11) is 0. The summed E-state index contributed by atoms with van der Waals surface area (Å²) in [4.78, 5) is 58.8. The molecule has 1 amide bonds. The number of fused-ring (bicyclic) bond motifs is 4. The number of anilines is 1. The third kappa shape index (κ3) is 5.22. The summed E-state index contributed by atoms with van der Waals surface area (Å²) in [6.45, 7) is 3.66. The quantitative estimate of drug-likeness (QED) is 0.0798. The van der Waals surface area contributed by atoms with Crippen LogP contribution < -0.4 is 10.2 Å². The van der Waals surface area contributed by atoms with Crippen molar-refractivity contribution in [2.75, 3.05) is 18.1 Å². The van der Waals surface area contributed by atoms with Gasteiger partial charge in [0.05, 0.1) is 31.0 Å². The van der Waals surface area contributed by atoms with Crippen LogP contribution in [0, 0.1) is 11.6 Å². The molecule has 264 valence electrons. The molecule has 0 saturated heterocycles. The molecule has 0 aliphatic carbocycles. The Morgan fingerprint density at radius 3 is 1.90 bits per heavy atom. The number of halogens is 2. The zero-order valence-electron chi connectivity index (χ0n) is 28.6. The Morgan fingerprint density at radius 2 is 1.31 bits per heavy atom. The molecule has 0 bridgehead atoms. The smallest absolute Gasteiger partial charge is 0.342 e. The van der Waals surface area contributed by atoms with Gasteiger partial charge in [0.2, 0.25) is 5.54 Å². The molecule has 7 rings (SSSR count). The summed E-state index contributed by atoms with van der Waals surface area (Å²) in [6.07, 6.45) is 0. The number of hydrogen-bond acceptors (Lipinski definition) is 8. The second-order valence-electron chi connectivity index (χ2n) is 12.6. The molecule has 5 aromatic rings. The number of nitrogens with zero attached hydrogens (tertiary/aromatic N) is 1. The topological polar surface area (TPSA) is 111 Å². The van der Waals surface area contributed by atoms with Gasteiger partial charge in [-0.15, -0.1) is 0 Å². The summed E-state index contributed by atoms with van der Waals surface area (Å²) in [5.41, 5.74) is -4.55. The van der Waals surface area contributed by atoms with Crippen molar-refractivity contribution in [1.29, 1.82) is 0 Å². The normalized spacial score (nSPS) is 17.6. The summed E-state index contributed by atoms with van der Waals surface area (Å²) in [6, 6.07) is 27.6. The second kappa shape index (κ2) is 13.3. The highest BCUT2D eigenvalue weighted by Crippen LogP contribution is 2.53. The molecule has 0 fully saturated rings. The molecule has 0 radical (unpaired) electrons. The van der Waals surface area contributed by atoms with Crippen molar-refractivity contribution in [2.24, 2.45) is 0 Å². The van der Waals surface area contributed by atoms with Crippen LogP contribution in [0.25, 0.3) is 21.5 Å². The Kier molecular flexibility index (Phi) is 8.83. The molecule has 0 aromatic heterocycles. The van der Waals surface area contributed by atoms with Crippen LogP contribution >= 0.6 is 0 Å². The Morgan fingerprint density at radius 1 is 0.750 bits per heavy atom. The number of carbonyl (C=O) groups is 4. The Hall–Kier alpha value is -5.94. The van der Waals surface area contributed by atoms with Gasteiger partial charge in [-0.3, -0.25) is 10.1 Å². The molecular formula is C41H34F2N2O7. The van der Waals surface area contributed by atoms with Crippen LogP contribution in [0.15, 0.2) is 108 Å². The van der Waals surface area contributed by atoms with Gasteiger partial charge in [0.1, 0.15) is 6.61 Å². The first-order valence-corrected chi connectivity index (χ1v) is 16.9. The fourth-order valence-electron chi connectivity index (χ4n) is 7.43. The van der Waals surface area contributed by atoms with Gasteiger partial charge in [0.25, 0.3) is 5.91 Å². The van der Waals surface area contributed by atoms with Crippen LogP contribution in [-0.2, 0) is 52.1 Å². The maximum Gasteiger partial charge on any atom is 0.342 e. The molecule has 1 spiro atoms. The van der Waals surface area contributed by atoms with E-state index in [1.54, 1.807) is 30.3 Å². The number of nitrogens with one attached hydrogen (secondary N) is 1. The largest absolute Gasteiger partial charge is 0.464 e. The summed E-state index contributed by atoms with van der Waals surface area (Å²) in [5.74, 6) is -6.78. The highest BCUT2D eigenvalue weighted by Gasteiger charge is 2.70. The predicted octanol–water partition coefficient (Wildman–Crippen LogP) is 6.54. The molecule has 5 aromatic carbocycles. The Balaban J connectivity index is 1.43. The number of ether oxygens (including phenoxy) is 3. The van der Waals surface area contributed by atoms with E-state index in [-0.39, 0.29) is 43.2 Å². The van der Waals surface area contributed by atoms with Gasteiger partial charge in [-0.1, -0.05) is 78.9 Å². The van der Waals surface area contributed by atoms with Crippen molar-refractivity contribution in [3.8, 4) is 0 Å². The number of carbonyl (C=O) groups excluding carboxylic acids is 4. The molecular weight excluding hydrogens is 670 g/mol. The lowest BCUT2D eigenvalue weighted by molar-refractivity contribution is -0.164. The number of esters is 3. The molecule has 0 saturated carbocycles. The summed E-state index contributed by atoms with van der Waals surface area (Å²) in [5, 5.41) is 6.29. The van der Waals surface area contributed by atoms with Crippen molar-refractivity contribution < 1.29 is 42.2 Å². The van der Waals surface area contributed by atoms with E-state index in [1.165, 1.54) is 25.7 Å². The van der Waals surface area contributed by atoms with Gasteiger partial charge in [-0.25, -0.2) is 23.2 Å². The maximum absolute atomic E-state index is 15.3. The Bertz CT molecular complexity index is 2250. The van der Waals surface area contributed by atoms with Gasteiger partial charge in [-0.05, 0) is 65.6 Å². The lowest BCUT2D eigenvalue weighted by Gasteiger charge is -2.32. The van der Waals surface area contributed by atoms with E-state index in [0.29, 0.717) is 11.1 Å². The van der Waals surface area contributed by atoms with Crippen LogP contribution in [0.1, 0.15) is 37.5 Å². The third-order valence-corrected chi connectivity index (χ3v) is 9.77. The molecule has 2 heterocycles. The fourth-order valence-corrected chi connectivity index (χ4v) is 7.43. The minimum absolute atomic E-state index is 0.0677. The zero-order valence-corrected chi connectivity index (χ0v) is 28.6. The molecule has 1 atom stereocenters. The van der Waals surface area contributed by atoms with Gasteiger partial charge in [-0.2, -0.15) is 0 Å². The molecule has 1 N–H and O–H groups in total. The van der Waals surface area contributed by atoms with Crippen molar-refractivity contribution in [3.63, 3.8) is 0 Å². The lowest BCUT2D eigenvalue weighted by Crippen LogP contribution is -2.64. The average molecular weight is 705 g/mol. The average Bonchev–Trinajstić information content (AvgIpc) is 3.54. The van der Waals surface area contributed by atoms with Crippen LogP contribution in [0.2, 0.25) is 0 Å². The molecule has 52 heavy (non-hydrogen) atoms. The molecule has 11 heteroatoms. The zero-order chi connectivity index (χ0) is 36.8. The van der Waals surface area contributed by atoms with Crippen molar-refractivity contribution in [1.82, 2.24) is 5.32 Å². The van der Waals surface area contributed by atoms with Crippen LogP contribution in [-0.4, -0.2) is 42.6 Å². The van der Waals surface area contributed by atoms with Crippen LogP contribution in [0.5, 0.6) is 0 Å². The van der Waals surface area contributed by atoms with E-state index in [0.717, 1.165) is 33.7 Å². The minimum atomic E-state index is -2.53. The van der Waals surface area contributed by atoms with Gasteiger partial charge >= 0.3 is 17.9 Å². The summed E-state index contributed by atoms with van der Waals surface area (Å²) >= 11 is 0.